The molecule has 0 bridgehead atoms. The Morgan fingerprint density at radius 2 is 1.50 bits per heavy atom. The van der Waals surface area contributed by atoms with Crippen molar-refractivity contribution in [2.45, 2.75) is 37.5 Å². The maximum atomic E-state index is 13.6. The predicted octanol–water partition coefficient (Wildman–Crippen LogP) is 7.82. The van der Waals surface area contributed by atoms with Gasteiger partial charge in [-0.25, -0.2) is 0 Å². The predicted molar refractivity (Wildman–Crippen MR) is 113 cm³/mol. The summed E-state index contributed by atoms with van der Waals surface area (Å²) >= 11 is -1.17. The lowest BCUT2D eigenvalue weighted by molar-refractivity contribution is -0.387. The minimum absolute atomic E-state index is 0.0241. The Labute approximate surface area is 207 Å². The van der Waals surface area contributed by atoms with Crippen molar-refractivity contribution in [3.05, 3.63) is 52.6 Å². The lowest BCUT2D eigenvalue weighted by atomic mass is 10.3. The maximum absolute atomic E-state index is 13.6. The van der Waals surface area contributed by atoms with Crippen molar-refractivity contribution in [1.29, 1.82) is 0 Å². The lowest BCUT2D eigenvalue weighted by Crippen LogP contribution is -2.49. The number of nitro benzene ring substituents is 1. The molecule has 0 unspecified atom stereocenters. The number of carbonyl (C=O) groups is 1. The molecule has 0 heterocycles. The number of anilines is 1. The average molecular weight is 588 g/mol. The van der Waals surface area contributed by atoms with Crippen LogP contribution in [0.2, 0.25) is 0 Å². The van der Waals surface area contributed by atoms with Crippen LogP contribution in [-0.2, 0) is 4.79 Å². The smallest absolute Gasteiger partial charge is 0.325 e. The molecule has 2 aromatic rings. The van der Waals surface area contributed by atoms with Gasteiger partial charge in [0.05, 0.1) is 15.6 Å². The van der Waals surface area contributed by atoms with Crippen molar-refractivity contribution >= 4 is 52.6 Å². The zero-order valence-corrected chi connectivity index (χ0v) is 19.4. The van der Waals surface area contributed by atoms with Gasteiger partial charge in [0.2, 0.25) is 5.91 Å². The van der Waals surface area contributed by atoms with Crippen LogP contribution in [0.3, 0.4) is 0 Å². The van der Waals surface area contributed by atoms with Crippen LogP contribution in [0, 0.1) is 10.1 Å². The molecule has 0 saturated carbocycles. The van der Waals surface area contributed by atoms with E-state index >= 15 is 0 Å². The molecule has 0 aliphatic carbocycles. The SMILES string of the molecule is O=C(CSc1ccc(SC(F)(F)C(F)(F)C(F)(F)F)cc1[N+](=O)[O-])Nc1cccc(SC(F)(F)F)c1. The van der Waals surface area contributed by atoms with Crippen molar-refractivity contribution in [2.24, 2.45) is 0 Å². The Morgan fingerprint density at radius 1 is 0.889 bits per heavy atom. The third-order valence-corrected chi connectivity index (χ3v) is 6.59. The van der Waals surface area contributed by atoms with Gasteiger partial charge in [-0.15, -0.1) is 11.8 Å². The summed E-state index contributed by atoms with van der Waals surface area (Å²) in [6.07, 6.45) is -6.58. The molecule has 2 rings (SSSR count). The van der Waals surface area contributed by atoms with Crippen molar-refractivity contribution < 1.29 is 53.6 Å². The van der Waals surface area contributed by atoms with E-state index in [9.17, 15) is 58.8 Å². The number of nitro groups is 1. The molecule has 0 aromatic heterocycles. The Bertz CT molecular complexity index is 1130. The van der Waals surface area contributed by atoms with Crippen LogP contribution in [-0.4, -0.2) is 39.4 Å². The second-order valence-corrected chi connectivity index (χ2v) is 9.83. The fourth-order valence-electron chi connectivity index (χ4n) is 2.31. The largest absolute Gasteiger partial charge is 0.460 e. The number of hydrogen-bond acceptors (Lipinski definition) is 6. The van der Waals surface area contributed by atoms with Gasteiger partial charge in [0, 0.05) is 21.5 Å². The highest BCUT2D eigenvalue weighted by molar-refractivity contribution is 8.00. The number of benzene rings is 2. The molecule has 0 fully saturated rings. The highest BCUT2D eigenvalue weighted by atomic mass is 32.2. The van der Waals surface area contributed by atoms with Crippen LogP contribution >= 0.6 is 35.3 Å². The summed E-state index contributed by atoms with van der Waals surface area (Å²) in [6, 6.07) is 6.43. The first-order chi connectivity index (χ1) is 16.3. The summed E-state index contributed by atoms with van der Waals surface area (Å²) in [5.74, 6) is -7.80. The average Bonchev–Trinajstić information content (AvgIpc) is 2.70. The standard InChI is InChI=1S/C18H10F10N2O3S3/c19-15(20,16(21,22)23)17(24,25)35-11-4-5-13(12(7-11)30(32)33)34-8-14(31)29-9-2-1-3-10(6-9)36-18(26,27)28/h1-7H,8H2,(H,29,31). The van der Waals surface area contributed by atoms with Crippen molar-refractivity contribution in [2.75, 3.05) is 11.1 Å². The molecule has 36 heavy (non-hydrogen) atoms. The van der Waals surface area contributed by atoms with Crippen LogP contribution in [0.25, 0.3) is 0 Å². The number of halogens is 10. The Kier molecular flexibility index (Phi) is 9.10. The quantitative estimate of drug-likeness (QED) is 0.139. The molecule has 0 radical (unpaired) electrons. The first-order valence-corrected chi connectivity index (χ1v) is 11.5. The number of thioether (sulfide) groups is 3. The van der Waals surface area contributed by atoms with Gasteiger partial charge < -0.3 is 5.32 Å². The van der Waals surface area contributed by atoms with E-state index in [2.05, 4.69) is 5.32 Å². The third kappa shape index (κ3) is 7.83. The number of amides is 1. The Morgan fingerprint density at radius 3 is 2.06 bits per heavy atom. The summed E-state index contributed by atoms with van der Waals surface area (Å²) in [7, 11) is 0. The topological polar surface area (TPSA) is 72.2 Å². The molecule has 5 nitrogen and oxygen atoms in total. The molecule has 18 heteroatoms. The van der Waals surface area contributed by atoms with E-state index in [1.165, 1.54) is 12.1 Å². The van der Waals surface area contributed by atoms with E-state index in [-0.39, 0.29) is 15.5 Å². The minimum atomic E-state index is -6.58. The molecule has 2 aromatic carbocycles. The van der Waals surface area contributed by atoms with Crippen LogP contribution in [0.15, 0.2) is 57.2 Å². The number of alkyl halides is 10. The van der Waals surface area contributed by atoms with Crippen molar-refractivity contribution in [1.82, 2.24) is 0 Å². The van der Waals surface area contributed by atoms with Gasteiger partial charge in [-0.05, 0) is 53.9 Å². The minimum Gasteiger partial charge on any atom is -0.325 e. The first-order valence-electron chi connectivity index (χ1n) is 8.90. The summed E-state index contributed by atoms with van der Waals surface area (Å²) in [5, 5.41) is 7.82. The number of hydrogen-bond donors (Lipinski definition) is 1. The van der Waals surface area contributed by atoms with E-state index in [1.807, 2.05) is 0 Å². The molecular weight excluding hydrogens is 578 g/mol. The highest BCUT2D eigenvalue weighted by Gasteiger charge is 2.73. The fourth-order valence-corrected chi connectivity index (χ4v) is 4.56. The third-order valence-electron chi connectivity index (χ3n) is 3.80. The monoisotopic (exact) mass is 588 g/mol. The number of nitrogens with one attached hydrogen (secondary N) is 1. The van der Waals surface area contributed by atoms with E-state index < -0.39 is 73.6 Å². The summed E-state index contributed by atoms with van der Waals surface area (Å²) in [6.45, 7) is 0. The number of carbonyl (C=O) groups excluding carboxylic acids is 1. The van der Waals surface area contributed by atoms with Crippen molar-refractivity contribution in [3.8, 4) is 0 Å². The van der Waals surface area contributed by atoms with Crippen LogP contribution in [0.4, 0.5) is 55.3 Å². The van der Waals surface area contributed by atoms with E-state index in [4.69, 9.17) is 0 Å². The zero-order chi connectivity index (χ0) is 27.5. The Balaban J connectivity index is 2.13. The molecule has 0 saturated heterocycles. The number of rotatable bonds is 9. The molecular formula is C18H10F10N2O3S3. The van der Waals surface area contributed by atoms with E-state index in [0.717, 1.165) is 18.2 Å². The van der Waals surface area contributed by atoms with Gasteiger partial charge in [-0.1, -0.05) is 6.07 Å². The summed E-state index contributed by atoms with van der Waals surface area (Å²) in [4.78, 5) is 20.7. The van der Waals surface area contributed by atoms with Crippen LogP contribution in [0.5, 0.6) is 0 Å². The van der Waals surface area contributed by atoms with Crippen molar-refractivity contribution in [3.63, 3.8) is 0 Å². The molecule has 0 atom stereocenters. The van der Waals surface area contributed by atoms with E-state index in [1.54, 1.807) is 0 Å². The molecule has 1 amide bonds. The maximum Gasteiger partial charge on any atom is 0.460 e. The van der Waals surface area contributed by atoms with Gasteiger partial charge in [0.1, 0.15) is 0 Å². The molecule has 0 spiro atoms. The number of nitrogens with zero attached hydrogens (tertiary/aromatic N) is 1. The molecule has 198 valence electrons. The van der Waals surface area contributed by atoms with Gasteiger partial charge in [-0.2, -0.15) is 43.9 Å². The van der Waals surface area contributed by atoms with Gasteiger partial charge >= 0.3 is 22.9 Å². The lowest BCUT2D eigenvalue weighted by Gasteiger charge is -2.27. The van der Waals surface area contributed by atoms with Gasteiger partial charge in [0.15, 0.2) is 0 Å². The van der Waals surface area contributed by atoms with Crippen LogP contribution < -0.4 is 5.32 Å². The second kappa shape index (κ2) is 11.0. The van der Waals surface area contributed by atoms with E-state index in [0.29, 0.717) is 23.9 Å². The second-order valence-electron chi connectivity index (χ2n) is 6.49. The van der Waals surface area contributed by atoms with Gasteiger partial charge in [-0.3, -0.25) is 14.9 Å². The molecule has 1 N–H and O–H groups in total. The summed E-state index contributed by atoms with van der Waals surface area (Å²) in [5.41, 5.74) is -5.55. The van der Waals surface area contributed by atoms with Crippen LogP contribution in [0.1, 0.15) is 0 Å². The first kappa shape index (κ1) is 29.9. The summed E-state index contributed by atoms with van der Waals surface area (Å²) < 4.78 is 128. The molecule has 0 aliphatic heterocycles. The van der Waals surface area contributed by atoms with Gasteiger partial charge in [0.25, 0.3) is 5.69 Å². The fraction of sp³-hybridized carbons (Fsp3) is 0.278. The molecule has 0 aliphatic rings. The zero-order valence-electron chi connectivity index (χ0n) is 16.9. The highest BCUT2D eigenvalue weighted by Crippen LogP contribution is 2.54. The normalized spacial score (nSPS) is 12.9. The Hall–Kier alpha value is -2.34.